The van der Waals surface area contributed by atoms with Crippen LogP contribution < -0.4 is 5.32 Å². The minimum Gasteiger partial charge on any atom is -0.382 e. The van der Waals surface area contributed by atoms with Gasteiger partial charge in [-0.2, -0.15) is 5.26 Å². The highest BCUT2D eigenvalue weighted by atomic mass is 19.1. The molecule has 4 heteroatoms. The third kappa shape index (κ3) is 3.34. The largest absolute Gasteiger partial charge is 0.382 e. The lowest BCUT2D eigenvalue weighted by Gasteiger charge is -2.20. The van der Waals surface area contributed by atoms with Crippen LogP contribution in [-0.4, -0.2) is 13.7 Å². The number of halogens is 1. The number of rotatable bonds is 5. The van der Waals surface area contributed by atoms with Gasteiger partial charge in [-0.25, -0.2) is 4.39 Å². The first-order valence-corrected chi connectivity index (χ1v) is 6.24. The molecule has 0 radical (unpaired) electrons. The van der Waals surface area contributed by atoms with E-state index in [2.05, 4.69) is 5.32 Å². The minimum atomic E-state index is -0.421. The van der Waals surface area contributed by atoms with Crippen LogP contribution in [0.25, 0.3) is 0 Å². The van der Waals surface area contributed by atoms with Crippen LogP contribution >= 0.6 is 0 Å². The van der Waals surface area contributed by atoms with Crippen molar-refractivity contribution in [3.8, 4) is 6.07 Å². The number of nitriles is 1. The van der Waals surface area contributed by atoms with E-state index in [1.165, 1.54) is 12.1 Å². The zero-order chi connectivity index (χ0) is 14.4. The monoisotopic (exact) mass is 270 g/mol. The van der Waals surface area contributed by atoms with Gasteiger partial charge < -0.3 is 10.1 Å². The Morgan fingerprint density at radius 3 is 2.65 bits per heavy atom. The van der Waals surface area contributed by atoms with Crippen molar-refractivity contribution in [1.82, 2.24) is 0 Å². The zero-order valence-corrected chi connectivity index (χ0v) is 11.1. The molecule has 0 aliphatic heterocycles. The molecule has 0 aliphatic rings. The molecular formula is C16H15FN2O. The topological polar surface area (TPSA) is 45.0 Å². The van der Waals surface area contributed by atoms with Crippen LogP contribution in [0.2, 0.25) is 0 Å². The summed E-state index contributed by atoms with van der Waals surface area (Å²) in [6, 6.07) is 15.8. The van der Waals surface area contributed by atoms with Gasteiger partial charge in [-0.1, -0.05) is 30.3 Å². The average molecular weight is 270 g/mol. The van der Waals surface area contributed by atoms with Crippen LogP contribution in [0.3, 0.4) is 0 Å². The maximum absolute atomic E-state index is 13.1. The molecule has 2 aromatic rings. The van der Waals surface area contributed by atoms with Crippen LogP contribution in [0, 0.1) is 17.1 Å². The molecule has 2 aromatic carbocycles. The normalized spacial score (nSPS) is 11.7. The summed E-state index contributed by atoms with van der Waals surface area (Å²) in [6.45, 7) is 0.451. The van der Waals surface area contributed by atoms with Gasteiger partial charge in [0.1, 0.15) is 11.9 Å². The van der Waals surface area contributed by atoms with E-state index in [0.29, 0.717) is 12.3 Å². The van der Waals surface area contributed by atoms with Crippen molar-refractivity contribution >= 4 is 5.69 Å². The van der Waals surface area contributed by atoms with E-state index in [0.717, 1.165) is 5.56 Å². The Bertz CT molecular complexity index is 608. The second kappa shape index (κ2) is 6.69. The van der Waals surface area contributed by atoms with E-state index in [9.17, 15) is 4.39 Å². The van der Waals surface area contributed by atoms with Crippen molar-refractivity contribution in [3.05, 3.63) is 65.5 Å². The average Bonchev–Trinajstić information content (AvgIpc) is 2.49. The summed E-state index contributed by atoms with van der Waals surface area (Å²) in [6.07, 6.45) is 0. The van der Waals surface area contributed by atoms with Gasteiger partial charge in [0.2, 0.25) is 0 Å². The van der Waals surface area contributed by atoms with Gasteiger partial charge in [0, 0.05) is 7.11 Å². The molecule has 20 heavy (non-hydrogen) atoms. The Balaban J connectivity index is 2.27. The highest BCUT2D eigenvalue weighted by molar-refractivity contribution is 5.58. The lowest BCUT2D eigenvalue weighted by molar-refractivity contribution is 0.186. The van der Waals surface area contributed by atoms with Gasteiger partial charge in [0.25, 0.3) is 0 Å². The number of ether oxygens (including phenoxy) is 1. The molecule has 0 bridgehead atoms. The van der Waals surface area contributed by atoms with Gasteiger partial charge in [0.15, 0.2) is 0 Å². The fourth-order valence-electron chi connectivity index (χ4n) is 2.00. The molecule has 0 saturated carbocycles. The van der Waals surface area contributed by atoms with Crippen molar-refractivity contribution in [2.24, 2.45) is 0 Å². The third-order valence-electron chi connectivity index (χ3n) is 2.97. The summed E-state index contributed by atoms with van der Waals surface area (Å²) >= 11 is 0. The first-order chi connectivity index (χ1) is 9.74. The van der Waals surface area contributed by atoms with Crippen molar-refractivity contribution in [2.45, 2.75) is 6.04 Å². The van der Waals surface area contributed by atoms with Crippen molar-refractivity contribution in [3.63, 3.8) is 0 Å². The molecule has 0 fully saturated rings. The molecule has 0 aromatic heterocycles. The number of anilines is 1. The van der Waals surface area contributed by atoms with Gasteiger partial charge in [-0.3, -0.25) is 0 Å². The maximum Gasteiger partial charge on any atom is 0.124 e. The SMILES string of the molecule is COCC(Nc1ccc(F)cc1C#N)c1ccccc1. The third-order valence-corrected chi connectivity index (χ3v) is 2.97. The summed E-state index contributed by atoms with van der Waals surface area (Å²) in [7, 11) is 1.62. The van der Waals surface area contributed by atoms with Gasteiger partial charge in [-0.05, 0) is 23.8 Å². The summed E-state index contributed by atoms with van der Waals surface area (Å²) in [4.78, 5) is 0. The molecule has 0 heterocycles. The van der Waals surface area contributed by atoms with Crippen LogP contribution in [0.1, 0.15) is 17.2 Å². The first-order valence-electron chi connectivity index (χ1n) is 6.24. The highest BCUT2D eigenvalue weighted by Gasteiger charge is 2.13. The fourth-order valence-corrected chi connectivity index (χ4v) is 2.00. The second-order valence-corrected chi connectivity index (χ2v) is 4.36. The van der Waals surface area contributed by atoms with Crippen LogP contribution in [0.15, 0.2) is 48.5 Å². The molecule has 0 amide bonds. The van der Waals surface area contributed by atoms with E-state index in [1.807, 2.05) is 36.4 Å². The van der Waals surface area contributed by atoms with E-state index < -0.39 is 5.82 Å². The van der Waals surface area contributed by atoms with Crippen molar-refractivity contribution in [1.29, 1.82) is 5.26 Å². The number of nitrogens with zero attached hydrogens (tertiary/aromatic N) is 1. The zero-order valence-electron chi connectivity index (χ0n) is 11.1. The van der Waals surface area contributed by atoms with Gasteiger partial charge in [0.05, 0.1) is 23.9 Å². The lowest BCUT2D eigenvalue weighted by atomic mass is 10.1. The summed E-state index contributed by atoms with van der Waals surface area (Å²) in [5.74, 6) is -0.421. The molecule has 3 nitrogen and oxygen atoms in total. The lowest BCUT2D eigenvalue weighted by Crippen LogP contribution is -2.16. The van der Waals surface area contributed by atoms with Crippen molar-refractivity contribution < 1.29 is 9.13 Å². The molecule has 2 rings (SSSR count). The Labute approximate surface area is 117 Å². The number of benzene rings is 2. The smallest absolute Gasteiger partial charge is 0.124 e. The minimum absolute atomic E-state index is 0.0984. The predicted octanol–water partition coefficient (Wildman–Crippen LogP) is 3.50. The number of methoxy groups -OCH3 is 1. The molecular weight excluding hydrogens is 255 g/mol. The molecule has 0 saturated heterocycles. The van der Waals surface area contributed by atoms with Crippen molar-refractivity contribution in [2.75, 3.05) is 19.0 Å². The van der Waals surface area contributed by atoms with Gasteiger partial charge >= 0.3 is 0 Å². The van der Waals surface area contributed by atoms with E-state index in [1.54, 1.807) is 13.2 Å². The summed E-state index contributed by atoms with van der Waals surface area (Å²) in [5, 5.41) is 12.3. The van der Waals surface area contributed by atoms with E-state index >= 15 is 0 Å². The predicted molar refractivity (Wildman–Crippen MR) is 75.8 cm³/mol. The summed E-state index contributed by atoms with van der Waals surface area (Å²) in [5.41, 5.74) is 1.92. The first kappa shape index (κ1) is 14.0. The quantitative estimate of drug-likeness (QED) is 0.904. The molecule has 0 spiro atoms. The van der Waals surface area contributed by atoms with Crippen LogP contribution in [-0.2, 0) is 4.74 Å². The van der Waals surface area contributed by atoms with Crippen LogP contribution in [0.5, 0.6) is 0 Å². The van der Waals surface area contributed by atoms with Gasteiger partial charge in [-0.15, -0.1) is 0 Å². The van der Waals surface area contributed by atoms with Crippen LogP contribution in [0.4, 0.5) is 10.1 Å². The Kier molecular flexibility index (Phi) is 4.70. The summed E-state index contributed by atoms with van der Waals surface area (Å²) < 4.78 is 18.3. The Hall–Kier alpha value is -2.38. The Morgan fingerprint density at radius 1 is 1.25 bits per heavy atom. The highest BCUT2D eigenvalue weighted by Crippen LogP contribution is 2.23. The molecule has 1 N–H and O–H groups in total. The molecule has 102 valence electrons. The number of hydrogen-bond donors (Lipinski definition) is 1. The standard InChI is InChI=1S/C16H15FN2O/c1-20-11-16(12-5-3-2-4-6-12)19-15-8-7-14(17)9-13(15)10-18/h2-9,16,19H,11H2,1H3. The van der Waals surface area contributed by atoms with E-state index in [-0.39, 0.29) is 11.6 Å². The fraction of sp³-hybridized carbons (Fsp3) is 0.188. The molecule has 1 unspecified atom stereocenters. The van der Waals surface area contributed by atoms with E-state index in [4.69, 9.17) is 10.00 Å². The molecule has 0 aliphatic carbocycles. The number of hydrogen-bond acceptors (Lipinski definition) is 3. The second-order valence-electron chi connectivity index (χ2n) is 4.36. The maximum atomic E-state index is 13.1. The Morgan fingerprint density at radius 2 is 2.00 bits per heavy atom. The number of nitrogens with one attached hydrogen (secondary N) is 1. The molecule has 1 atom stereocenters.